The summed E-state index contributed by atoms with van der Waals surface area (Å²) in [5, 5.41) is 0.410. The molecule has 9 aliphatic rings. The van der Waals surface area contributed by atoms with Gasteiger partial charge in [-0.3, -0.25) is 0 Å². The van der Waals surface area contributed by atoms with E-state index in [0.29, 0.717) is 29.0 Å². The van der Waals surface area contributed by atoms with Gasteiger partial charge in [0.25, 0.3) is 0 Å². The maximum Gasteiger partial charge on any atom is 0.160 e. The molecule has 3 heterocycles. The van der Waals surface area contributed by atoms with Gasteiger partial charge in [-0.15, -0.1) is 11.8 Å². The highest BCUT2D eigenvalue weighted by molar-refractivity contribution is 8.04. The second-order valence-corrected chi connectivity index (χ2v) is 22.1. The lowest BCUT2D eigenvalue weighted by Gasteiger charge is -2.39. The molecule has 1 saturated carbocycles. The van der Waals surface area contributed by atoms with Crippen LogP contribution in [0.1, 0.15) is 131 Å². The highest BCUT2D eigenvalue weighted by Crippen LogP contribution is 2.58. The quantitative estimate of drug-likeness (QED) is 0.165. The van der Waals surface area contributed by atoms with E-state index in [9.17, 15) is 0 Å². The van der Waals surface area contributed by atoms with Crippen LogP contribution in [0.5, 0.6) is 0 Å². The van der Waals surface area contributed by atoms with Crippen molar-refractivity contribution >= 4 is 28.5 Å². The van der Waals surface area contributed by atoms with Gasteiger partial charge >= 0.3 is 0 Å². The van der Waals surface area contributed by atoms with Gasteiger partial charge in [0.2, 0.25) is 0 Å². The SMILES string of the molecule is C1=CCCC(N2C3=C(C=CC4C5=C(CC=CC(c6ccc(-c7cc(C8=CCCCC8)cc(C8C=CCCC8)c7)cc6-c6cc(C7=CCCC=C7)nc(-c7ccccc7)n6)=C5)SC34)C3CCCCC32)=C1. The molecule has 2 aliphatic heterocycles. The number of nitrogens with zero attached hydrogens (tertiary/aromatic N) is 3. The Morgan fingerprint density at radius 1 is 0.594 bits per heavy atom. The summed E-state index contributed by atoms with van der Waals surface area (Å²) in [7, 11) is 0. The number of fused-ring (bicyclic) bond motifs is 5. The van der Waals surface area contributed by atoms with Gasteiger partial charge in [-0.05, 0) is 181 Å². The molecule has 13 rings (SSSR count). The maximum atomic E-state index is 5.54. The van der Waals surface area contributed by atoms with E-state index >= 15 is 0 Å². The number of hydrogen-bond acceptors (Lipinski definition) is 4. The van der Waals surface area contributed by atoms with Crippen molar-refractivity contribution in [3.63, 3.8) is 0 Å². The maximum absolute atomic E-state index is 5.54. The van der Waals surface area contributed by atoms with Crippen molar-refractivity contribution in [2.24, 2.45) is 11.8 Å². The standard InChI is InChI=1S/C65H63N3S/c1-6-19-43(20-7-1)49-37-50(44-21-8-2-9-22-44)39-51(38-49)47-33-34-53(57(40-47)60-42-59(45-23-10-3-11-24-45)66-65(67-60)46-25-12-4-13-26-46)48-27-18-32-62-58(41-48)56-36-35-55-54-30-16-17-31-61(54)68(63(55)64(56)69-62)52-28-14-5-15-29-52/h4-6,10,12-14,18-19,21,23-28,33-43,54,56,61,64H,1-3,7-9,11,15-17,20,22,29-32H2. The van der Waals surface area contributed by atoms with Crippen LogP contribution < -0.4 is 0 Å². The third-order valence-corrected chi connectivity index (χ3v) is 18.0. The molecule has 4 aromatic rings. The molecule has 344 valence electrons. The Morgan fingerprint density at radius 3 is 2.36 bits per heavy atom. The highest BCUT2D eigenvalue weighted by Gasteiger charge is 2.50. The van der Waals surface area contributed by atoms with E-state index in [1.807, 2.05) is 0 Å². The number of thioether (sulfide) groups is 1. The van der Waals surface area contributed by atoms with Crippen LogP contribution in [0, 0.1) is 11.8 Å². The molecule has 3 nitrogen and oxygen atoms in total. The first-order chi connectivity index (χ1) is 34.2. The van der Waals surface area contributed by atoms with Crippen molar-refractivity contribution in [1.29, 1.82) is 0 Å². The lowest BCUT2D eigenvalue weighted by molar-refractivity contribution is 0.218. The first-order valence-electron chi connectivity index (χ1n) is 26.5. The molecule has 4 heteroatoms. The molecule has 3 aromatic carbocycles. The Labute approximate surface area is 414 Å². The molecule has 5 atom stereocenters. The minimum absolute atomic E-state index is 0.341. The molecule has 0 saturated heterocycles. The smallest absolute Gasteiger partial charge is 0.160 e. The van der Waals surface area contributed by atoms with Gasteiger partial charge in [-0.25, -0.2) is 9.97 Å². The number of allylic oxidation sites excluding steroid dienone is 20. The second-order valence-electron chi connectivity index (χ2n) is 20.8. The first-order valence-corrected chi connectivity index (χ1v) is 27.4. The van der Waals surface area contributed by atoms with Gasteiger partial charge in [0.05, 0.1) is 16.6 Å². The molecule has 0 radical (unpaired) electrons. The molecular formula is C65H63N3S. The fourth-order valence-corrected chi connectivity index (χ4v) is 14.7. The van der Waals surface area contributed by atoms with Crippen LogP contribution in [0.4, 0.5) is 0 Å². The van der Waals surface area contributed by atoms with E-state index in [4.69, 9.17) is 9.97 Å². The molecular weight excluding hydrogens is 855 g/mol. The van der Waals surface area contributed by atoms with E-state index in [2.05, 4.69) is 175 Å². The monoisotopic (exact) mass is 917 g/mol. The van der Waals surface area contributed by atoms with Crippen molar-refractivity contribution in [1.82, 2.24) is 14.9 Å². The van der Waals surface area contributed by atoms with E-state index in [1.165, 1.54) is 119 Å². The topological polar surface area (TPSA) is 29.0 Å². The zero-order valence-corrected chi connectivity index (χ0v) is 40.8. The van der Waals surface area contributed by atoms with Gasteiger partial charge < -0.3 is 4.90 Å². The first kappa shape index (κ1) is 43.1. The Morgan fingerprint density at radius 2 is 1.51 bits per heavy atom. The molecule has 0 N–H and O–H groups in total. The summed E-state index contributed by atoms with van der Waals surface area (Å²) in [4.78, 5) is 15.2. The summed E-state index contributed by atoms with van der Waals surface area (Å²) >= 11 is 2.17. The summed E-state index contributed by atoms with van der Waals surface area (Å²) in [5.41, 5.74) is 21.0. The highest BCUT2D eigenvalue weighted by atomic mass is 32.2. The molecule has 5 unspecified atom stereocenters. The Kier molecular flexibility index (Phi) is 11.7. The largest absolute Gasteiger partial charge is 0.344 e. The van der Waals surface area contributed by atoms with Gasteiger partial charge in [0, 0.05) is 46.3 Å². The van der Waals surface area contributed by atoms with E-state index in [-0.39, 0.29) is 0 Å². The summed E-state index contributed by atoms with van der Waals surface area (Å²) < 4.78 is 0. The zero-order valence-electron chi connectivity index (χ0n) is 40.0. The van der Waals surface area contributed by atoms with E-state index < -0.39 is 0 Å². The van der Waals surface area contributed by atoms with Gasteiger partial charge in [0.1, 0.15) is 0 Å². The van der Waals surface area contributed by atoms with Crippen molar-refractivity contribution in [3.8, 4) is 33.8 Å². The van der Waals surface area contributed by atoms with Gasteiger partial charge in [-0.2, -0.15) is 0 Å². The van der Waals surface area contributed by atoms with Crippen LogP contribution in [-0.4, -0.2) is 26.2 Å². The minimum Gasteiger partial charge on any atom is -0.344 e. The second kappa shape index (κ2) is 18.7. The molecule has 0 amide bonds. The normalized spacial score (nSPS) is 25.9. The lowest BCUT2D eigenvalue weighted by Crippen LogP contribution is -2.38. The number of rotatable bonds is 8. The molecule has 0 bridgehead atoms. The van der Waals surface area contributed by atoms with Crippen molar-refractivity contribution in [2.75, 3.05) is 0 Å². The molecule has 1 fully saturated rings. The fraction of sp³-hybridized carbons (Fsp3) is 0.323. The van der Waals surface area contributed by atoms with Crippen LogP contribution in [0.15, 0.2) is 185 Å². The minimum atomic E-state index is 0.341. The average molecular weight is 918 g/mol. The third kappa shape index (κ3) is 8.21. The summed E-state index contributed by atoms with van der Waals surface area (Å²) in [6.07, 6.45) is 53.2. The third-order valence-electron chi connectivity index (χ3n) is 16.5. The number of aromatic nitrogens is 2. The van der Waals surface area contributed by atoms with E-state index in [0.717, 1.165) is 66.9 Å². The van der Waals surface area contributed by atoms with Crippen LogP contribution in [0.3, 0.4) is 0 Å². The van der Waals surface area contributed by atoms with Crippen LogP contribution in [0.25, 0.3) is 50.5 Å². The predicted molar refractivity (Wildman–Crippen MR) is 291 cm³/mol. The average Bonchev–Trinajstić information content (AvgIpc) is 3.88. The van der Waals surface area contributed by atoms with Crippen LogP contribution in [0.2, 0.25) is 0 Å². The molecule has 0 spiro atoms. The predicted octanol–water partition coefficient (Wildman–Crippen LogP) is 17.3. The van der Waals surface area contributed by atoms with Crippen molar-refractivity contribution < 1.29 is 0 Å². The molecule has 1 aromatic heterocycles. The van der Waals surface area contributed by atoms with Gasteiger partial charge in [0.15, 0.2) is 5.82 Å². The Hall–Kier alpha value is -5.97. The summed E-state index contributed by atoms with van der Waals surface area (Å²) in [6.45, 7) is 0. The zero-order chi connectivity index (χ0) is 45.7. The van der Waals surface area contributed by atoms with Crippen molar-refractivity contribution in [3.05, 3.63) is 208 Å². The number of hydrogen-bond donors (Lipinski definition) is 0. The van der Waals surface area contributed by atoms with Crippen molar-refractivity contribution in [2.45, 2.75) is 120 Å². The summed E-state index contributed by atoms with van der Waals surface area (Å²) in [5.74, 6) is 2.21. The van der Waals surface area contributed by atoms with Crippen LogP contribution in [-0.2, 0) is 0 Å². The lowest BCUT2D eigenvalue weighted by atomic mass is 9.79. The molecule has 7 aliphatic carbocycles. The molecule has 69 heavy (non-hydrogen) atoms. The van der Waals surface area contributed by atoms with Crippen LogP contribution >= 0.6 is 11.8 Å². The summed E-state index contributed by atoms with van der Waals surface area (Å²) in [6, 6.07) is 28.3. The van der Waals surface area contributed by atoms with E-state index in [1.54, 1.807) is 17.0 Å². The Bertz CT molecular complexity index is 3070. The number of benzene rings is 3. The van der Waals surface area contributed by atoms with Gasteiger partial charge in [-0.1, -0.05) is 140 Å². The Balaban J connectivity index is 0.957. The fourth-order valence-electron chi connectivity index (χ4n) is 13.1.